The third kappa shape index (κ3) is 3.50. The molecule has 1 aromatic carbocycles. The normalized spacial score (nSPS) is 18.5. The highest BCUT2D eigenvalue weighted by atomic mass is 35.5. The van der Waals surface area contributed by atoms with E-state index in [0.29, 0.717) is 34.8 Å². The van der Waals surface area contributed by atoms with Crippen molar-refractivity contribution in [3.8, 4) is 0 Å². The van der Waals surface area contributed by atoms with E-state index in [9.17, 15) is 8.42 Å². The lowest BCUT2D eigenvalue weighted by molar-refractivity contribution is 0.251. The standard InChI is InChI=1S/C16H21N3O2S.ClH/c1-12(17)13-7-10-19(11-8-13)22(20,21)16-6-2-5-15-14(16)4-3-9-18-15;/h2-6,9,12-13H,7-8,10-11,17H2,1H3;1H. The van der Waals surface area contributed by atoms with Gasteiger partial charge in [0, 0.05) is 30.7 Å². The summed E-state index contributed by atoms with van der Waals surface area (Å²) in [7, 11) is -3.49. The second kappa shape index (κ2) is 7.13. The smallest absolute Gasteiger partial charge is 0.243 e. The molecular weight excluding hydrogens is 334 g/mol. The van der Waals surface area contributed by atoms with Gasteiger partial charge in [-0.2, -0.15) is 4.31 Å². The van der Waals surface area contributed by atoms with Gasteiger partial charge in [0.1, 0.15) is 0 Å². The van der Waals surface area contributed by atoms with Crippen molar-refractivity contribution in [1.82, 2.24) is 9.29 Å². The van der Waals surface area contributed by atoms with Gasteiger partial charge in [-0.05, 0) is 49.9 Å². The van der Waals surface area contributed by atoms with Crippen LogP contribution in [0.15, 0.2) is 41.4 Å². The van der Waals surface area contributed by atoms with Gasteiger partial charge in [-0.1, -0.05) is 6.07 Å². The summed E-state index contributed by atoms with van der Waals surface area (Å²) < 4.78 is 27.5. The van der Waals surface area contributed by atoms with Crippen LogP contribution in [0.1, 0.15) is 19.8 Å². The summed E-state index contributed by atoms with van der Waals surface area (Å²) in [5.41, 5.74) is 6.63. The molecule has 2 heterocycles. The Hall–Kier alpha value is -1.21. The maximum absolute atomic E-state index is 12.9. The minimum atomic E-state index is -3.49. The van der Waals surface area contributed by atoms with E-state index in [1.165, 1.54) is 0 Å². The van der Waals surface area contributed by atoms with Crippen molar-refractivity contribution in [3.05, 3.63) is 36.5 Å². The summed E-state index contributed by atoms with van der Waals surface area (Å²) in [5, 5.41) is 0.680. The molecule has 0 bridgehead atoms. The lowest BCUT2D eigenvalue weighted by Gasteiger charge is -2.33. The Balaban J connectivity index is 0.00000192. The van der Waals surface area contributed by atoms with Crippen molar-refractivity contribution in [2.75, 3.05) is 13.1 Å². The zero-order chi connectivity index (χ0) is 15.7. The van der Waals surface area contributed by atoms with E-state index in [1.54, 1.807) is 28.7 Å². The summed E-state index contributed by atoms with van der Waals surface area (Å²) >= 11 is 0. The van der Waals surface area contributed by atoms with Gasteiger partial charge in [0.05, 0.1) is 10.4 Å². The minimum absolute atomic E-state index is 0. The maximum Gasteiger partial charge on any atom is 0.243 e. The monoisotopic (exact) mass is 355 g/mol. The average molecular weight is 356 g/mol. The first-order valence-electron chi connectivity index (χ1n) is 7.59. The number of sulfonamides is 1. The minimum Gasteiger partial charge on any atom is -0.328 e. The molecule has 0 saturated carbocycles. The van der Waals surface area contributed by atoms with Gasteiger partial charge in [0.25, 0.3) is 0 Å². The number of rotatable bonds is 3. The van der Waals surface area contributed by atoms with Gasteiger partial charge >= 0.3 is 0 Å². The predicted octanol–water partition coefficient (Wildman–Crippen LogP) is 2.40. The highest BCUT2D eigenvalue weighted by Crippen LogP contribution is 2.28. The van der Waals surface area contributed by atoms with Crippen LogP contribution in [0.2, 0.25) is 0 Å². The molecule has 7 heteroatoms. The van der Waals surface area contributed by atoms with Crippen LogP contribution >= 0.6 is 12.4 Å². The number of nitrogens with zero attached hydrogens (tertiary/aromatic N) is 2. The van der Waals surface area contributed by atoms with Crippen molar-refractivity contribution < 1.29 is 8.42 Å². The number of hydrogen-bond donors (Lipinski definition) is 1. The molecule has 3 rings (SSSR count). The van der Waals surface area contributed by atoms with Crippen LogP contribution in [0.5, 0.6) is 0 Å². The fraction of sp³-hybridized carbons (Fsp3) is 0.438. The zero-order valence-corrected chi connectivity index (χ0v) is 14.7. The molecule has 2 N–H and O–H groups in total. The summed E-state index contributed by atoms with van der Waals surface area (Å²) in [6, 6.07) is 8.93. The summed E-state index contributed by atoms with van der Waals surface area (Å²) in [6.07, 6.45) is 3.31. The Morgan fingerprint density at radius 3 is 2.57 bits per heavy atom. The molecule has 5 nitrogen and oxygen atoms in total. The second-order valence-corrected chi connectivity index (χ2v) is 7.83. The molecule has 0 aliphatic carbocycles. The SMILES string of the molecule is CC(N)C1CCN(S(=O)(=O)c2cccc3ncccc23)CC1.Cl. The van der Waals surface area contributed by atoms with E-state index in [0.717, 1.165) is 12.8 Å². The lowest BCUT2D eigenvalue weighted by atomic mass is 9.92. The molecule has 1 unspecified atom stereocenters. The van der Waals surface area contributed by atoms with Gasteiger partial charge < -0.3 is 5.73 Å². The van der Waals surface area contributed by atoms with Gasteiger partial charge in [0.2, 0.25) is 10.0 Å². The molecule has 1 aliphatic heterocycles. The number of aromatic nitrogens is 1. The highest BCUT2D eigenvalue weighted by molar-refractivity contribution is 7.89. The van der Waals surface area contributed by atoms with Gasteiger partial charge in [-0.3, -0.25) is 4.98 Å². The summed E-state index contributed by atoms with van der Waals surface area (Å²) in [5.74, 6) is 0.403. The van der Waals surface area contributed by atoms with Crippen molar-refractivity contribution in [2.24, 2.45) is 11.7 Å². The van der Waals surface area contributed by atoms with Crippen LogP contribution in [-0.4, -0.2) is 36.8 Å². The molecule has 126 valence electrons. The predicted molar refractivity (Wildman–Crippen MR) is 94.1 cm³/mol. The maximum atomic E-state index is 12.9. The first kappa shape index (κ1) is 18.1. The van der Waals surface area contributed by atoms with Crippen LogP contribution in [0.25, 0.3) is 10.9 Å². The molecule has 1 fully saturated rings. The Labute approximate surface area is 143 Å². The second-order valence-electron chi connectivity index (χ2n) is 5.93. The third-order valence-electron chi connectivity index (χ3n) is 4.47. The molecule has 1 aromatic heterocycles. The molecule has 1 aliphatic rings. The number of pyridine rings is 1. The van der Waals surface area contributed by atoms with Crippen molar-refractivity contribution in [1.29, 1.82) is 0 Å². The number of piperidine rings is 1. The topological polar surface area (TPSA) is 76.3 Å². The molecule has 2 aromatic rings. The van der Waals surface area contributed by atoms with Crippen LogP contribution in [0, 0.1) is 5.92 Å². The molecule has 1 atom stereocenters. The van der Waals surface area contributed by atoms with Crippen molar-refractivity contribution in [3.63, 3.8) is 0 Å². The highest BCUT2D eigenvalue weighted by Gasteiger charge is 2.31. The molecule has 0 spiro atoms. The van der Waals surface area contributed by atoms with E-state index >= 15 is 0 Å². The van der Waals surface area contributed by atoms with Crippen LogP contribution in [0.4, 0.5) is 0 Å². The van der Waals surface area contributed by atoms with Gasteiger partial charge in [0.15, 0.2) is 0 Å². The lowest BCUT2D eigenvalue weighted by Crippen LogP contribution is -2.42. The molecule has 0 amide bonds. The van der Waals surface area contributed by atoms with E-state index < -0.39 is 10.0 Å². The van der Waals surface area contributed by atoms with Crippen LogP contribution in [-0.2, 0) is 10.0 Å². The number of nitrogens with two attached hydrogens (primary N) is 1. The Morgan fingerprint density at radius 1 is 1.22 bits per heavy atom. The number of halogens is 1. The molecular formula is C16H22ClN3O2S. The first-order chi connectivity index (χ1) is 10.5. The third-order valence-corrected chi connectivity index (χ3v) is 6.42. The first-order valence-corrected chi connectivity index (χ1v) is 9.03. The summed E-state index contributed by atoms with van der Waals surface area (Å²) in [4.78, 5) is 4.58. The van der Waals surface area contributed by atoms with Crippen molar-refractivity contribution in [2.45, 2.75) is 30.7 Å². The van der Waals surface area contributed by atoms with Crippen LogP contribution < -0.4 is 5.73 Å². The molecule has 1 saturated heterocycles. The zero-order valence-electron chi connectivity index (χ0n) is 13.1. The molecule has 0 radical (unpaired) electrons. The Kier molecular flexibility index (Phi) is 5.62. The van der Waals surface area contributed by atoms with E-state index in [2.05, 4.69) is 4.98 Å². The summed E-state index contributed by atoms with van der Waals surface area (Å²) in [6.45, 7) is 3.06. The fourth-order valence-corrected chi connectivity index (χ4v) is 4.75. The van der Waals surface area contributed by atoms with E-state index in [-0.39, 0.29) is 18.4 Å². The molecule has 23 heavy (non-hydrogen) atoms. The van der Waals surface area contributed by atoms with Gasteiger partial charge in [-0.25, -0.2) is 8.42 Å². The van der Waals surface area contributed by atoms with E-state index in [1.807, 2.05) is 19.1 Å². The largest absolute Gasteiger partial charge is 0.328 e. The Morgan fingerprint density at radius 2 is 1.91 bits per heavy atom. The number of benzene rings is 1. The number of hydrogen-bond acceptors (Lipinski definition) is 4. The Bertz CT molecular complexity index is 766. The average Bonchev–Trinajstić information content (AvgIpc) is 2.54. The fourth-order valence-electron chi connectivity index (χ4n) is 3.08. The number of fused-ring (bicyclic) bond motifs is 1. The quantitative estimate of drug-likeness (QED) is 0.917. The van der Waals surface area contributed by atoms with Gasteiger partial charge in [-0.15, -0.1) is 12.4 Å². The van der Waals surface area contributed by atoms with Crippen molar-refractivity contribution >= 4 is 33.3 Å². The van der Waals surface area contributed by atoms with Crippen LogP contribution in [0.3, 0.4) is 0 Å². The van der Waals surface area contributed by atoms with E-state index in [4.69, 9.17) is 5.73 Å².